The number of carbonyl (C=O) groups is 1. The van der Waals surface area contributed by atoms with E-state index in [4.69, 9.17) is 16.0 Å². The van der Waals surface area contributed by atoms with Crippen molar-refractivity contribution in [2.45, 2.75) is 64.7 Å². The minimum atomic E-state index is -0.412. The third-order valence-corrected chi connectivity index (χ3v) is 7.14. The lowest BCUT2D eigenvalue weighted by Gasteiger charge is -2.42. The molecule has 0 radical (unpaired) electrons. The topological polar surface area (TPSA) is 66.0 Å². The van der Waals surface area contributed by atoms with Crippen molar-refractivity contribution >= 4 is 23.2 Å². The summed E-state index contributed by atoms with van der Waals surface area (Å²) in [7, 11) is 0. The summed E-state index contributed by atoms with van der Waals surface area (Å²) in [6.45, 7) is 11.4. The Morgan fingerprint density at radius 1 is 1.06 bits per heavy atom. The van der Waals surface area contributed by atoms with Gasteiger partial charge in [0.05, 0.1) is 11.3 Å². The molecule has 0 saturated carbocycles. The molecule has 5 heteroatoms. The Kier molecular flexibility index (Phi) is 5.88. The van der Waals surface area contributed by atoms with Crippen LogP contribution in [0.25, 0.3) is 0 Å². The maximum Gasteiger partial charge on any atom is 0.291 e. The third kappa shape index (κ3) is 4.56. The van der Waals surface area contributed by atoms with Gasteiger partial charge in [-0.1, -0.05) is 51.4 Å². The number of halogens is 1. The van der Waals surface area contributed by atoms with Crippen molar-refractivity contribution in [3.05, 3.63) is 86.8 Å². The predicted octanol–water partition coefficient (Wildman–Crippen LogP) is 7.31. The fraction of sp³-hybridized carbons (Fsp3) is 0.357. The second-order valence-corrected chi connectivity index (χ2v) is 10.7. The van der Waals surface area contributed by atoms with Gasteiger partial charge in [0.25, 0.3) is 5.91 Å². The first-order chi connectivity index (χ1) is 15.5. The lowest BCUT2D eigenvalue weighted by Crippen LogP contribution is -2.34. The van der Waals surface area contributed by atoms with E-state index >= 15 is 0 Å². The summed E-state index contributed by atoms with van der Waals surface area (Å²) in [6, 6.07) is 15.0. The maximum atomic E-state index is 12.7. The summed E-state index contributed by atoms with van der Waals surface area (Å²) in [5.74, 6) is 0.513. The average molecular weight is 461 g/mol. The highest BCUT2D eigenvalue weighted by Gasteiger charge is 2.37. The molecule has 2 aromatic carbocycles. The number of anilines is 1. The van der Waals surface area contributed by atoms with Crippen LogP contribution in [0.3, 0.4) is 0 Å². The monoisotopic (exact) mass is 460 g/mol. The molecular formula is C28H29ClN2O2. The zero-order valence-electron chi connectivity index (χ0n) is 19.8. The van der Waals surface area contributed by atoms with Crippen LogP contribution >= 0.6 is 11.6 Å². The minimum Gasteiger partial charge on any atom is -0.456 e. The van der Waals surface area contributed by atoms with Crippen LogP contribution in [-0.2, 0) is 17.3 Å². The van der Waals surface area contributed by atoms with Gasteiger partial charge in [-0.3, -0.25) is 4.79 Å². The van der Waals surface area contributed by atoms with Crippen molar-refractivity contribution in [2.24, 2.45) is 0 Å². The first-order valence-corrected chi connectivity index (χ1v) is 11.6. The maximum absolute atomic E-state index is 12.7. The van der Waals surface area contributed by atoms with Crippen LogP contribution in [0.5, 0.6) is 0 Å². The van der Waals surface area contributed by atoms with Crippen LogP contribution in [0.15, 0.2) is 46.9 Å². The predicted molar refractivity (Wildman–Crippen MR) is 132 cm³/mol. The summed E-state index contributed by atoms with van der Waals surface area (Å²) in [5.41, 5.74) is 6.31. The molecule has 0 unspecified atom stereocenters. The number of hydrogen-bond donors (Lipinski definition) is 1. The smallest absolute Gasteiger partial charge is 0.291 e. The highest BCUT2D eigenvalue weighted by atomic mass is 35.5. The number of fused-ring (bicyclic) bond motifs is 1. The molecule has 0 aliphatic heterocycles. The minimum absolute atomic E-state index is 0.136. The number of nitrogens with one attached hydrogen (secondary N) is 1. The van der Waals surface area contributed by atoms with E-state index in [0.717, 1.165) is 12.2 Å². The number of benzene rings is 2. The molecule has 4 rings (SSSR count). The summed E-state index contributed by atoms with van der Waals surface area (Å²) >= 11 is 6.02. The van der Waals surface area contributed by atoms with Crippen molar-refractivity contribution < 1.29 is 9.21 Å². The second kappa shape index (κ2) is 8.39. The van der Waals surface area contributed by atoms with Crippen LogP contribution in [0.1, 0.15) is 84.7 Å². The summed E-state index contributed by atoms with van der Waals surface area (Å²) in [5, 5.41) is 12.4. The normalized spacial score (nSPS) is 16.0. The van der Waals surface area contributed by atoms with Gasteiger partial charge in [-0.05, 0) is 83.2 Å². The Bertz CT molecular complexity index is 1280. The number of nitrogens with zero attached hydrogens (tertiary/aromatic N) is 1. The molecule has 0 spiro atoms. The van der Waals surface area contributed by atoms with Gasteiger partial charge in [-0.15, -0.1) is 0 Å². The van der Waals surface area contributed by atoms with Crippen molar-refractivity contribution in [3.8, 4) is 6.07 Å². The Balaban J connectivity index is 1.58. The van der Waals surface area contributed by atoms with Gasteiger partial charge in [0.1, 0.15) is 11.8 Å². The van der Waals surface area contributed by atoms with Crippen LogP contribution < -0.4 is 5.32 Å². The Hall–Kier alpha value is -3.03. The molecule has 3 aromatic rings. The van der Waals surface area contributed by atoms with E-state index in [-0.39, 0.29) is 16.6 Å². The Morgan fingerprint density at radius 3 is 2.39 bits per heavy atom. The molecule has 0 bridgehead atoms. The molecular weight excluding hydrogens is 432 g/mol. The van der Waals surface area contributed by atoms with Gasteiger partial charge < -0.3 is 9.73 Å². The molecule has 1 aromatic heterocycles. The van der Waals surface area contributed by atoms with Crippen molar-refractivity contribution in [1.82, 2.24) is 0 Å². The Labute approximate surface area is 200 Å². The van der Waals surface area contributed by atoms with Crippen LogP contribution in [0, 0.1) is 18.3 Å². The van der Waals surface area contributed by atoms with Crippen LogP contribution in [0.2, 0.25) is 5.02 Å². The third-order valence-electron chi connectivity index (χ3n) is 6.91. The summed E-state index contributed by atoms with van der Waals surface area (Å²) in [6.07, 6.45) is 2.96. The molecule has 1 amide bonds. The quantitative estimate of drug-likeness (QED) is 0.444. The van der Waals surface area contributed by atoms with E-state index in [0.29, 0.717) is 22.7 Å². The number of aryl methyl sites for hydroxylation is 1. The largest absolute Gasteiger partial charge is 0.456 e. The van der Waals surface area contributed by atoms with Crippen molar-refractivity contribution in [3.63, 3.8) is 0 Å². The number of rotatable bonds is 4. The van der Waals surface area contributed by atoms with Gasteiger partial charge >= 0.3 is 0 Å². The SMILES string of the molecule is Cc1cc2c(cc1Cc1ccc(C(=O)Nc3cc(Cl)ccc3C#N)o1)C(C)(C)CCC2(C)C. The fourth-order valence-electron chi connectivity index (χ4n) is 4.64. The van der Waals surface area contributed by atoms with E-state index in [1.54, 1.807) is 24.3 Å². The van der Waals surface area contributed by atoms with Crippen LogP contribution in [-0.4, -0.2) is 5.91 Å². The second-order valence-electron chi connectivity index (χ2n) is 10.3. The zero-order valence-corrected chi connectivity index (χ0v) is 20.6. The molecule has 0 saturated heterocycles. The average Bonchev–Trinajstić information content (AvgIpc) is 3.21. The van der Waals surface area contributed by atoms with E-state index in [1.165, 1.54) is 28.7 Å². The lowest BCUT2D eigenvalue weighted by atomic mass is 9.62. The van der Waals surface area contributed by atoms with Gasteiger partial charge in [-0.2, -0.15) is 5.26 Å². The Morgan fingerprint density at radius 2 is 1.73 bits per heavy atom. The van der Waals surface area contributed by atoms with E-state index in [1.807, 2.05) is 6.07 Å². The molecule has 1 heterocycles. The van der Waals surface area contributed by atoms with Crippen molar-refractivity contribution in [1.29, 1.82) is 5.26 Å². The van der Waals surface area contributed by atoms with E-state index < -0.39 is 5.91 Å². The number of nitriles is 1. The fourth-order valence-corrected chi connectivity index (χ4v) is 4.81. The zero-order chi connectivity index (χ0) is 24.0. The van der Waals surface area contributed by atoms with Gasteiger partial charge in [0.15, 0.2) is 5.76 Å². The number of furan rings is 1. The molecule has 0 fully saturated rings. The standard InChI is InChI=1S/C28H29ClN2O2/c1-17-12-22-23(28(4,5)11-10-27(22,2)3)14-19(17)13-21-8-9-25(33-21)26(32)31-24-15-20(29)7-6-18(24)16-30/h6-9,12,14-15H,10-11,13H2,1-5H3,(H,31,32). The van der Waals surface area contributed by atoms with Gasteiger partial charge in [0.2, 0.25) is 0 Å². The molecule has 0 atom stereocenters. The molecule has 4 nitrogen and oxygen atoms in total. The van der Waals surface area contributed by atoms with Crippen molar-refractivity contribution in [2.75, 3.05) is 5.32 Å². The van der Waals surface area contributed by atoms with Crippen LogP contribution in [0.4, 0.5) is 5.69 Å². The molecule has 1 aliphatic rings. The van der Waals surface area contributed by atoms with E-state index in [9.17, 15) is 10.1 Å². The highest BCUT2D eigenvalue weighted by molar-refractivity contribution is 6.31. The molecule has 33 heavy (non-hydrogen) atoms. The van der Waals surface area contributed by atoms with Gasteiger partial charge in [0, 0.05) is 11.4 Å². The molecule has 1 N–H and O–H groups in total. The molecule has 1 aliphatic carbocycles. The lowest BCUT2D eigenvalue weighted by molar-refractivity contribution is 0.0995. The van der Waals surface area contributed by atoms with E-state index in [2.05, 4.69) is 58.1 Å². The number of amides is 1. The molecule has 170 valence electrons. The van der Waals surface area contributed by atoms with Gasteiger partial charge in [-0.25, -0.2) is 0 Å². The highest BCUT2D eigenvalue weighted by Crippen LogP contribution is 2.46. The first kappa shape index (κ1) is 23.1. The summed E-state index contributed by atoms with van der Waals surface area (Å²) < 4.78 is 5.89. The first-order valence-electron chi connectivity index (χ1n) is 11.2. The summed E-state index contributed by atoms with van der Waals surface area (Å²) in [4.78, 5) is 12.7. The number of carbonyl (C=O) groups excluding carboxylic acids is 1. The number of hydrogen-bond acceptors (Lipinski definition) is 3.